The summed E-state index contributed by atoms with van der Waals surface area (Å²) in [6.07, 6.45) is 1.30. The molecule has 0 bridgehead atoms. The fraction of sp³-hybridized carbons (Fsp3) is 0.286. The van der Waals surface area contributed by atoms with Gasteiger partial charge in [-0.05, 0) is 30.7 Å². The Morgan fingerprint density at radius 1 is 1.30 bits per heavy atom. The molecule has 0 aromatic heterocycles. The normalized spacial score (nSPS) is 10.2. The Bertz CT molecular complexity index is 615. The number of benzene rings is 1. The van der Waals surface area contributed by atoms with Gasteiger partial charge < -0.3 is 20.5 Å². The smallest absolute Gasteiger partial charge is 0.329 e. The maximum atomic E-state index is 11.4. The lowest BCUT2D eigenvalue weighted by molar-refractivity contribution is -0.137. The molecule has 4 N–H and O–H groups in total. The third-order valence-corrected chi connectivity index (χ3v) is 2.52. The predicted molar refractivity (Wildman–Crippen MR) is 82.1 cm³/mol. The first-order chi connectivity index (χ1) is 11.0. The zero-order valence-corrected chi connectivity index (χ0v) is 12.8. The maximum Gasteiger partial charge on any atom is 0.329 e. The number of likely N-dealkylation sites (N-methyl/N-ethyl adjacent to an activating group) is 1. The lowest BCUT2D eigenvalue weighted by Gasteiger charge is -2.11. The Labute approximate surface area is 132 Å². The SMILES string of the molecule is CCNC(=O)COc1ccc(/C=N\NC(=O)C(N)=O)cc1OC. The van der Waals surface area contributed by atoms with Crippen LogP contribution >= 0.6 is 0 Å². The largest absolute Gasteiger partial charge is 0.493 e. The topological polar surface area (TPSA) is 132 Å². The number of hydrogen-bond acceptors (Lipinski definition) is 6. The summed E-state index contributed by atoms with van der Waals surface area (Å²) < 4.78 is 10.5. The third-order valence-electron chi connectivity index (χ3n) is 2.52. The molecule has 1 rings (SSSR count). The number of ether oxygens (including phenoxy) is 2. The maximum absolute atomic E-state index is 11.4. The van der Waals surface area contributed by atoms with E-state index in [1.165, 1.54) is 13.3 Å². The van der Waals surface area contributed by atoms with Crippen molar-refractivity contribution in [3.63, 3.8) is 0 Å². The summed E-state index contributed by atoms with van der Waals surface area (Å²) >= 11 is 0. The van der Waals surface area contributed by atoms with Crippen LogP contribution in [0, 0.1) is 0 Å². The van der Waals surface area contributed by atoms with Crippen molar-refractivity contribution in [2.45, 2.75) is 6.92 Å². The first-order valence-electron chi connectivity index (χ1n) is 6.68. The highest BCUT2D eigenvalue weighted by Crippen LogP contribution is 2.27. The van der Waals surface area contributed by atoms with Crippen LogP contribution in [0.15, 0.2) is 23.3 Å². The van der Waals surface area contributed by atoms with Crippen LogP contribution < -0.4 is 25.9 Å². The van der Waals surface area contributed by atoms with Gasteiger partial charge in [-0.3, -0.25) is 14.4 Å². The van der Waals surface area contributed by atoms with Crippen LogP contribution in [-0.2, 0) is 14.4 Å². The van der Waals surface area contributed by atoms with E-state index in [1.807, 2.05) is 12.3 Å². The monoisotopic (exact) mass is 322 g/mol. The van der Waals surface area contributed by atoms with E-state index < -0.39 is 11.8 Å². The molecular formula is C14H18N4O5. The molecule has 1 aromatic rings. The van der Waals surface area contributed by atoms with Gasteiger partial charge in [-0.15, -0.1) is 0 Å². The number of rotatable bonds is 7. The van der Waals surface area contributed by atoms with Crippen molar-refractivity contribution in [1.82, 2.24) is 10.7 Å². The molecule has 0 unspecified atom stereocenters. The van der Waals surface area contributed by atoms with Gasteiger partial charge >= 0.3 is 11.8 Å². The molecule has 0 aliphatic heterocycles. The van der Waals surface area contributed by atoms with Gasteiger partial charge in [0.05, 0.1) is 13.3 Å². The van der Waals surface area contributed by atoms with Crippen LogP contribution in [0.3, 0.4) is 0 Å². The lowest BCUT2D eigenvalue weighted by Crippen LogP contribution is -2.32. The Balaban J connectivity index is 2.72. The highest BCUT2D eigenvalue weighted by molar-refractivity contribution is 6.34. The fourth-order valence-corrected chi connectivity index (χ4v) is 1.50. The number of nitrogens with zero attached hydrogens (tertiary/aromatic N) is 1. The number of amides is 3. The molecule has 0 saturated carbocycles. The summed E-state index contributed by atoms with van der Waals surface area (Å²) in [5.74, 6) is -1.62. The first-order valence-corrected chi connectivity index (χ1v) is 6.68. The molecule has 0 heterocycles. The molecule has 9 nitrogen and oxygen atoms in total. The van der Waals surface area contributed by atoms with Crippen molar-refractivity contribution in [3.05, 3.63) is 23.8 Å². The molecule has 3 amide bonds. The Kier molecular flexibility index (Phi) is 7.05. The molecule has 9 heteroatoms. The number of primary amides is 1. The number of hydrogen-bond donors (Lipinski definition) is 3. The molecule has 0 radical (unpaired) electrons. The number of hydrazone groups is 1. The van der Waals surface area contributed by atoms with Crippen LogP contribution in [0.4, 0.5) is 0 Å². The van der Waals surface area contributed by atoms with E-state index in [9.17, 15) is 14.4 Å². The predicted octanol–water partition coefficient (Wildman–Crippen LogP) is -0.854. The molecule has 124 valence electrons. The second-order valence-corrected chi connectivity index (χ2v) is 4.22. The molecule has 0 saturated heterocycles. The third kappa shape index (κ3) is 6.04. The second-order valence-electron chi connectivity index (χ2n) is 4.22. The second kappa shape index (κ2) is 9.03. The first kappa shape index (κ1) is 18.0. The molecule has 23 heavy (non-hydrogen) atoms. The molecular weight excluding hydrogens is 304 g/mol. The average molecular weight is 322 g/mol. The van der Waals surface area contributed by atoms with Gasteiger partial charge in [-0.1, -0.05) is 0 Å². The van der Waals surface area contributed by atoms with Gasteiger partial charge in [-0.25, -0.2) is 5.43 Å². The highest BCUT2D eigenvalue weighted by Gasteiger charge is 2.08. The standard InChI is InChI=1S/C14H18N4O5/c1-3-16-12(19)8-23-10-5-4-9(6-11(10)22-2)7-17-18-14(21)13(15)20/h4-7H,3,8H2,1-2H3,(H2,15,20)(H,16,19)(H,18,21)/b17-7-. The average Bonchev–Trinajstić information content (AvgIpc) is 2.53. The van der Waals surface area contributed by atoms with Crippen molar-refractivity contribution in [2.24, 2.45) is 10.8 Å². The van der Waals surface area contributed by atoms with Gasteiger partial charge in [0, 0.05) is 6.54 Å². The molecule has 1 aromatic carbocycles. The van der Waals surface area contributed by atoms with Crippen LogP contribution in [-0.4, -0.2) is 44.2 Å². The minimum Gasteiger partial charge on any atom is -0.493 e. The van der Waals surface area contributed by atoms with Crippen LogP contribution in [0.5, 0.6) is 11.5 Å². The van der Waals surface area contributed by atoms with Gasteiger partial charge in [0.1, 0.15) is 0 Å². The lowest BCUT2D eigenvalue weighted by atomic mass is 10.2. The number of nitrogens with one attached hydrogen (secondary N) is 2. The van der Waals surface area contributed by atoms with Gasteiger partial charge in [-0.2, -0.15) is 5.10 Å². The van der Waals surface area contributed by atoms with E-state index in [4.69, 9.17) is 15.2 Å². The van der Waals surface area contributed by atoms with Crippen molar-refractivity contribution < 1.29 is 23.9 Å². The molecule has 0 aliphatic rings. The number of carbonyl (C=O) groups excluding carboxylic acids is 3. The van der Waals surface area contributed by atoms with E-state index in [2.05, 4.69) is 10.4 Å². The minimum atomic E-state index is -1.13. The van der Waals surface area contributed by atoms with Crippen LogP contribution in [0.1, 0.15) is 12.5 Å². The summed E-state index contributed by atoms with van der Waals surface area (Å²) in [6.45, 7) is 2.20. The number of methoxy groups -OCH3 is 1. The van der Waals surface area contributed by atoms with Gasteiger partial charge in [0.2, 0.25) is 0 Å². The van der Waals surface area contributed by atoms with Gasteiger partial charge in [0.15, 0.2) is 18.1 Å². The van der Waals surface area contributed by atoms with E-state index in [0.717, 1.165) is 0 Å². The molecule has 0 atom stereocenters. The summed E-state index contributed by atoms with van der Waals surface area (Å²) in [5.41, 5.74) is 7.31. The van der Waals surface area contributed by atoms with E-state index in [0.29, 0.717) is 23.6 Å². The summed E-state index contributed by atoms with van der Waals surface area (Å²) in [4.78, 5) is 32.8. The zero-order chi connectivity index (χ0) is 17.2. The molecule has 0 spiro atoms. The number of carbonyl (C=O) groups is 3. The van der Waals surface area contributed by atoms with Gasteiger partial charge in [0.25, 0.3) is 5.91 Å². The molecule has 0 fully saturated rings. The number of nitrogens with two attached hydrogens (primary N) is 1. The van der Waals surface area contributed by atoms with Crippen LogP contribution in [0.2, 0.25) is 0 Å². The minimum absolute atomic E-state index is 0.133. The quantitative estimate of drug-likeness (QED) is 0.341. The van der Waals surface area contributed by atoms with Crippen LogP contribution in [0.25, 0.3) is 0 Å². The summed E-state index contributed by atoms with van der Waals surface area (Å²) in [7, 11) is 1.45. The van der Waals surface area contributed by atoms with Crippen molar-refractivity contribution in [1.29, 1.82) is 0 Å². The van der Waals surface area contributed by atoms with E-state index in [1.54, 1.807) is 18.2 Å². The zero-order valence-electron chi connectivity index (χ0n) is 12.8. The summed E-state index contributed by atoms with van der Waals surface area (Å²) in [5, 5.41) is 6.19. The van der Waals surface area contributed by atoms with Crippen molar-refractivity contribution in [3.8, 4) is 11.5 Å². The fourth-order valence-electron chi connectivity index (χ4n) is 1.50. The highest BCUT2D eigenvalue weighted by atomic mass is 16.5. The Hall–Kier alpha value is -3.10. The Morgan fingerprint density at radius 3 is 2.65 bits per heavy atom. The van der Waals surface area contributed by atoms with Crippen molar-refractivity contribution >= 4 is 23.9 Å². The summed E-state index contributed by atoms with van der Waals surface area (Å²) in [6, 6.07) is 4.82. The molecule has 0 aliphatic carbocycles. The van der Waals surface area contributed by atoms with E-state index >= 15 is 0 Å². The Morgan fingerprint density at radius 2 is 2.04 bits per heavy atom. The van der Waals surface area contributed by atoms with Crippen molar-refractivity contribution in [2.75, 3.05) is 20.3 Å². The van der Waals surface area contributed by atoms with E-state index in [-0.39, 0.29) is 12.5 Å².